The summed E-state index contributed by atoms with van der Waals surface area (Å²) < 4.78 is 0.489. The van der Waals surface area contributed by atoms with Gasteiger partial charge in [0.1, 0.15) is 5.01 Å². The summed E-state index contributed by atoms with van der Waals surface area (Å²) in [6.45, 7) is 3.62. The van der Waals surface area contributed by atoms with Gasteiger partial charge in [-0.2, -0.15) is 0 Å². The second-order valence-electron chi connectivity index (χ2n) is 1.20. The van der Waals surface area contributed by atoms with E-state index in [1.807, 2.05) is 0 Å². The largest absolute Gasteiger partial charge is 0.207 e. The van der Waals surface area contributed by atoms with Gasteiger partial charge in [-0.3, -0.25) is 0 Å². The molecule has 1 radical (unpaired) electrons. The Morgan fingerprint density at radius 1 is 1.62 bits per heavy atom. The van der Waals surface area contributed by atoms with E-state index in [-0.39, 0.29) is 0 Å². The molecule has 0 bridgehead atoms. The molecule has 0 aliphatic heterocycles. The van der Waals surface area contributed by atoms with Gasteiger partial charge in [0.05, 0.1) is 0 Å². The molecule has 0 atom stereocenters. The van der Waals surface area contributed by atoms with Crippen LogP contribution in [0.25, 0.3) is 0 Å². The lowest BCUT2D eigenvalue weighted by molar-refractivity contribution is 1.02. The maximum absolute atomic E-state index is 5.46. The Labute approximate surface area is 56.5 Å². The fourth-order valence-electron chi connectivity index (χ4n) is 0.334. The highest BCUT2D eigenvalue weighted by atomic mass is 35.5. The highest BCUT2D eigenvalue weighted by Crippen LogP contribution is 2.14. The topological polar surface area (TPSA) is 25.8 Å². The average molecular weight is 148 g/mol. The van der Waals surface area contributed by atoms with E-state index in [1.54, 1.807) is 0 Å². The van der Waals surface area contributed by atoms with Crippen LogP contribution in [0.5, 0.6) is 0 Å². The third kappa shape index (κ3) is 1.17. The zero-order chi connectivity index (χ0) is 5.98. The van der Waals surface area contributed by atoms with Crippen LogP contribution in [0.2, 0.25) is 4.47 Å². The number of hydrogen-bond donors (Lipinski definition) is 0. The molecule has 43 valence electrons. The van der Waals surface area contributed by atoms with Crippen LogP contribution in [0.1, 0.15) is 5.01 Å². The first-order valence-electron chi connectivity index (χ1n) is 2.10. The molecule has 0 spiro atoms. The summed E-state index contributed by atoms with van der Waals surface area (Å²) in [6.07, 6.45) is 0.671. The van der Waals surface area contributed by atoms with Gasteiger partial charge >= 0.3 is 0 Å². The number of halogens is 1. The number of nitrogens with zero attached hydrogens (tertiary/aromatic N) is 2. The number of rotatable bonds is 1. The molecule has 4 heteroatoms. The van der Waals surface area contributed by atoms with Gasteiger partial charge in [0, 0.05) is 6.42 Å². The highest BCUT2D eigenvalue weighted by Gasteiger charge is 1.95. The molecule has 0 aliphatic rings. The van der Waals surface area contributed by atoms with Crippen molar-refractivity contribution in [3.63, 3.8) is 0 Å². The van der Waals surface area contributed by atoms with E-state index in [0.29, 0.717) is 10.9 Å². The predicted octanol–water partition coefficient (Wildman–Crippen LogP) is 1.57. The number of hydrogen-bond acceptors (Lipinski definition) is 3. The quantitative estimate of drug-likeness (QED) is 0.603. The van der Waals surface area contributed by atoms with Crippen molar-refractivity contribution in [2.75, 3.05) is 0 Å². The van der Waals surface area contributed by atoms with Crippen LogP contribution >= 0.6 is 22.9 Å². The van der Waals surface area contributed by atoms with Crippen LogP contribution in [-0.4, -0.2) is 10.2 Å². The minimum Gasteiger partial charge on any atom is -0.142 e. The van der Waals surface area contributed by atoms with Crippen molar-refractivity contribution in [3.8, 4) is 0 Å². The third-order valence-corrected chi connectivity index (χ3v) is 1.73. The van der Waals surface area contributed by atoms with Gasteiger partial charge in [-0.1, -0.05) is 11.3 Å². The Balaban J connectivity index is 2.84. The van der Waals surface area contributed by atoms with Crippen molar-refractivity contribution in [1.82, 2.24) is 10.2 Å². The van der Waals surface area contributed by atoms with Crippen LogP contribution in [0.4, 0.5) is 0 Å². The molecule has 0 aliphatic carbocycles. The molecule has 1 heterocycles. The van der Waals surface area contributed by atoms with E-state index in [2.05, 4.69) is 17.1 Å². The second kappa shape index (κ2) is 2.42. The molecule has 0 fully saturated rings. The third-order valence-electron chi connectivity index (χ3n) is 0.656. The van der Waals surface area contributed by atoms with E-state index in [1.165, 1.54) is 11.3 Å². The van der Waals surface area contributed by atoms with Crippen LogP contribution in [0, 0.1) is 6.92 Å². The van der Waals surface area contributed by atoms with Crippen LogP contribution in [-0.2, 0) is 6.42 Å². The number of aromatic nitrogens is 2. The monoisotopic (exact) mass is 147 g/mol. The second-order valence-corrected chi connectivity index (χ2v) is 2.84. The lowest BCUT2D eigenvalue weighted by Crippen LogP contribution is -1.74. The van der Waals surface area contributed by atoms with E-state index >= 15 is 0 Å². The van der Waals surface area contributed by atoms with Crippen molar-refractivity contribution in [3.05, 3.63) is 16.4 Å². The first kappa shape index (κ1) is 5.98. The summed E-state index contributed by atoms with van der Waals surface area (Å²) in [5, 5.41) is 8.17. The normalized spacial score (nSPS) is 9.75. The van der Waals surface area contributed by atoms with Crippen molar-refractivity contribution in [2.24, 2.45) is 0 Å². The molecule has 8 heavy (non-hydrogen) atoms. The summed E-state index contributed by atoms with van der Waals surface area (Å²) in [5.41, 5.74) is 0. The van der Waals surface area contributed by atoms with Crippen molar-refractivity contribution < 1.29 is 0 Å². The zero-order valence-electron chi connectivity index (χ0n) is 4.09. The maximum atomic E-state index is 5.46. The van der Waals surface area contributed by atoms with Crippen molar-refractivity contribution >= 4 is 22.9 Å². The SMILES string of the molecule is [CH2]Cc1nnc(Cl)s1. The Bertz CT molecular complexity index is 174. The molecule has 1 aromatic rings. The summed E-state index contributed by atoms with van der Waals surface area (Å²) in [7, 11) is 0. The Morgan fingerprint density at radius 2 is 2.38 bits per heavy atom. The van der Waals surface area contributed by atoms with Crippen LogP contribution in [0.15, 0.2) is 0 Å². The van der Waals surface area contributed by atoms with Crippen molar-refractivity contribution in [2.45, 2.75) is 6.42 Å². The van der Waals surface area contributed by atoms with Gasteiger partial charge in [0.15, 0.2) is 0 Å². The maximum Gasteiger partial charge on any atom is 0.207 e. The molecule has 0 saturated carbocycles. The minimum absolute atomic E-state index is 0.489. The predicted molar refractivity (Wildman–Crippen MR) is 34.0 cm³/mol. The Morgan fingerprint density at radius 3 is 2.62 bits per heavy atom. The standard InChI is InChI=1S/C4H4ClN2S/c1-2-3-6-7-4(5)8-3/h1-2H2. The first-order valence-corrected chi connectivity index (χ1v) is 3.29. The average Bonchev–Trinajstić information content (AvgIpc) is 2.14. The molecule has 1 rings (SSSR count). The molecule has 1 aromatic heterocycles. The van der Waals surface area contributed by atoms with Gasteiger partial charge in [-0.15, -0.1) is 10.2 Å². The van der Waals surface area contributed by atoms with E-state index < -0.39 is 0 Å². The van der Waals surface area contributed by atoms with Gasteiger partial charge in [0.2, 0.25) is 4.47 Å². The van der Waals surface area contributed by atoms with Gasteiger partial charge in [-0.05, 0) is 18.5 Å². The molecule has 0 saturated heterocycles. The summed E-state index contributed by atoms with van der Waals surface area (Å²) in [6, 6.07) is 0. The first-order chi connectivity index (χ1) is 3.83. The minimum atomic E-state index is 0.489. The van der Waals surface area contributed by atoms with E-state index in [4.69, 9.17) is 11.6 Å². The molecule has 0 unspecified atom stereocenters. The van der Waals surface area contributed by atoms with Crippen LogP contribution in [0.3, 0.4) is 0 Å². The van der Waals surface area contributed by atoms with E-state index in [0.717, 1.165) is 5.01 Å². The van der Waals surface area contributed by atoms with Gasteiger partial charge in [0.25, 0.3) is 0 Å². The summed E-state index contributed by atoms with van der Waals surface area (Å²) >= 11 is 6.82. The van der Waals surface area contributed by atoms with Gasteiger partial charge < -0.3 is 0 Å². The van der Waals surface area contributed by atoms with Gasteiger partial charge in [-0.25, -0.2) is 0 Å². The van der Waals surface area contributed by atoms with E-state index in [9.17, 15) is 0 Å². The molecule has 0 aromatic carbocycles. The lowest BCUT2D eigenvalue weighted by Gasteiger charge is -1.74. The fraction of sp³-hybridized carbons (Fsp3) is 0.250. The Hall–Kier alpha value is -0.150. The summed E-state index contributed by atoms with van der Waals surface area (Å²) in [4.78, 5) is 0. The zero-order valence-corrected chi connectivity index (χ0v) is 5.67. The molecule has 2 nitrogen and oxygen atoms in total. The highest BCUT2D eigenvalue weighted by molar-refractivity contribution is 7.15. The smallest absolute Gasteiger partial charge is 0.142 e. The molecule has 0 amide bonds. The molecular weight excluding hydrogens is 144 g/mol. The summed E-state index contributed by atoms with van der Waals surface area (Å²) in [5.74, 6) is 0. The Kier molecular flexibility index (Phi) is 1.81. The van der Waals surface area contributed by atoms with Crippen molar-refractivity contribution in [1.29, 1.82) is 0 Å². The van der Waals surface area contributed by atoms with Crippen LogP contribution < -0.4 is 0 Å². The molecule has 0 N–H and O–H groups in total. The fourth-order valence-corrected chi connectivity index (χ4v) is 1.10. The lowest BCUT2D eigenvalue weighted by atomic mass is 10.5. The molecular formula is C4H4ClN2S.